The summed E-state index contributed by atoms with van der Waals surface area (Å²) in [7, 11) is -1.77. The summed E-state index contributed by atoms with van der Waals surface area (Å²) < 4.78 is 6.21. The first-order valence-electron chi connectivity index (χ1n) is 6.88. The van der Waals surface area contributed by atoms with Gasteiger partial charge in [0.15, 0.2) is 8.32 Å². The van der Waals surface area contributed by atoms with Gasteiger partial charge in [-0.1, -0.05) is 44.9 Å². The Labute approximate surface area is 123 Å². The highest BCUT2D eigenvalue weighted by Gasteiger charge is 2.37. The first kappa shape index (κ1) is 16.7. The predicted octanol–water partition coefficient (Wildman–Crippen LogP) is 4.15. The molecule has 0 saturated heterocycles. The minimum Gasteiger partial charge on any atom is -0.413 e. The van der Waals surface area contributed by atoms with Gasteiger partial charge < -0.3 is 4.43 Å². The molecule has 0 fully saturated rings. The summed E-state index contributed by atoms with van der Waals surface area (Å²) in [5, 5.41) is 0.188. The lowest BCUT2D eigenvalue weighted by atomic mass is 10.1. The molecule has 0 saturated carbocycles. The Balaban J connectivity index is 2.90. The quantitative estimate of drug-likeness (QED) is 0.617. The van der Waals surface area contributed by atoms with Crippen LogP contribution in [0.4, 0.5) is 0 Å². The van der Waals surface area contributed by atoms with Crippen molar-refractivity contribution in [3.05, 3.63) is 35.4 Å². The molecule has 0 aliphatic carbocycles. The highest BCUT2D eigenvalue weighted by atomic mass is 28.4. The first-order valence-corrected chi connectivity index (χ1v) is 9.79. The summed E-state index contributed by atoms with van der Waals surface area (Å²) in [6.07, 6.45) is 0. The molecule has 0 aliphatic rings. The van der Waals surface area contributed by atoms with E-state index in [9.17, 15) is 4.79 Å². The van der Waals surface area contributed by atoms with Crippen LogP contribution in [-0.4, -0.2) is 14.1 Å². The summed E-state index contributed by atoms with van der Waals surface area (Å²) in [4.78, 5) is 11.0. The molecule has 3 heteroatoms. The normalized spacial score (nSPS) is 11.7. The molecule has 20 heavy (non-hydrogen) atoms. The molecule has 0 radical (unpaired) electrons. The lowest BCUT2D eigenvalue weighted by molar-refractivity contribution is -0.111. The molecule has 1 rings (SSSR count). The average Bonchev–Trinajstić information content (AvgIpc) is 2.33. The summed E-state index contributed by atoms with van der Waals surface area (Å²) in [5.74, 6) is 5.40. The molecular weight excluding hydrogens is 264 g/mol. The van der Waals surface area contributed by atoms with Crippen LogP contribution in [0.3, 0.4) is 0 Å². The van der Waals surface area contributed by atoms with E-state index in [0.29, 0.717) is 6.61 Å². The SMILES string of the molecule is CC(=O)C#Cc1ccccc1CO[Si](C)(C)C(C)(C)C. The van der Waals surface area contributed by atoms with Crippen LogP contribution in [0.1, 0.15) is 38.8 Å². The standard InChI is InChI=1S/C17H24O2Si/c1-14(18)11-12-15-9-7-8-10-16(15)13-19-20(5,6)17(2,3)4/h7-10H,13H2,1-6H3. The number of ketones is 1. The molecule has 0 unspecified atom stereocenters. The van der Waals surface area contributed by atoms with E-state index >= 15 is 0 Å². The molecule has 1 aromatic rings. The number of hydrogen-bond donors (Lipinski definition) is 0. The minimum absolute atomic E-state index is 0.120. The van der Waals surface area contributed by atoms with Crippen molar-refractivity contribution >= 4 is 14.1 Å². The molecular formula is C17H24O2Si. The van der Waals surface area contributed by atoms with Crippen LogP contribution >= 0.6 is 0 Å². The van der Waals surface area contributed by atoms with E-state index < -0.39 is 8.32 Å². The molecule has 0 aromatic heterocycles. The Morgan fingerprint density at radius 3 is 2.40 bits per heavy atom. The van der Waals surface area contributed by atoms with Crippen molar-refractivity contribution in [2.24, 2.45) is 0 Å². The molecule has 1 aromatic carbocycles. The lowest BCUT2D eigenvalue weighted by Gasteiger charge is -2.36. The van der Waals surface area contributed by atoms with Crippen molar-refractivity contribution in [3.8, 4) is 11.8 Å². The fourth-order valence-electron chi connectivity index (χ4n) is 1.40. The van der Waals surface area contributed by atoms with Gasteiger partial charge in [-0.3, -0.25) is 4.79 Å². The molecule has 0 aliphatic heterocycles. The Morgan fingerprint density at radius 2 is 1.85 bits per heavy atom. The fourth-order valence-corrected chi connectivity index (χ4v) is 2.35. The average molecular weight is 288 g/mol. The maximum Gasteiger partial charge on any atom is 0.202 e. The largest absolute Gasteiger partial charge is 0.413 e. The van der Waals surface area contributed by atoms with Crippen LogP contribution in [0.2, 0.25) is 18.1 Å². The van der Waals surface area contributed by atoms with Gasteiger partial charge in [-0.25, -0.2) is 0 Å². The minimum atomic E-state index is -1.77. The van der Waals surface area contributed by atoms with Crippen molar-refractivity contribution in [3.63, 3.8) is 0 Å². The van der Waals surface area contributed by atoms with E-state index in [4.69, 9.17) is 4.43 Å². The maximum absolute atomic E-state index is 11.0. The van der Waals surface area contributed by atoms with Gasteiger partial charge in [-0.05, 0) is 35.7 Å². The number of rotatable bonds is 3. The Morgan fingerprint density at radius 1 is 1.25 bits per heavy atom. The highest BCUT2D eigenvalue weighted by molar-refractivity contribution is 6.74. The van der Waals surface area contributed by atoms with Gasteiger partial charge in [0.2, 0.25) is 5.78 Å². The van der Waals surface area contributed by atoms with E-state index in [-0.39, 0.29) is 10.8 Å². The molecule has 2 nitrogen and oxygen atoms in total. The van der Waals surface area contributed by atoms with Crippen LogP contribution < -0.4 is 0 Å². The Kier molecular flexibility index (Phi) is 5.32. The second kappa shape index (κ2) is 6.38. The second-order valence-corrected chi connectivity index (χ2v) is 11.3. The smallest absolute Gasteiger partial charge is 0.202 e. The number of carbonyl (C=O) groups is 1. The molecule has 0 heterocycles. The third kappa shape index (κ3) is 4.63. The molecule has 0 amide bonds. The maximum atomic E-state index is 11.0. The van der Waals surface area contributed by atoms with Crippen LogP contribution in [-0.2, 0) is 15.8 Å². The van der Waals surface area contributed by atoms with Gasteiger partial charge in [0.05, 0.1) is 6.61 Å². The number of benzene rings is 1. The van der Waals surface area contributed by atoms with Gasteiger partial charge in [0.25, 0.3) is 0 Å². The van der Waals surface area contributed by atoms with E-state index in [1.54, 1.807) is 0 Å². The molecule has 0 spiro atoms. The zero-order chi connectivity index (χ0) is 15.4. The van der Waals surface area contributed by atoms with Crippen molar-refractivity contribution in [1.29, 1.82) is 0 Å². The van der Waals surface area contributed by atoms with Gasteiger partial charge in [-0.2, -0.15) is 0 Å². The predicted molar refractivity (Wildman–Crippen MR) is 86.0 cm³/mol. The molecule has 0 bridgehead atoms. The zero-order valence-corrected chi connectivity index (χ0v) is 14.3. The Hall–Kier alpha value is -1.37. The van der Waals surface area contributed by atoms with Crippen LogP contribution in [0.5, 0.6) is 0 Å². The molecule has 0 atom stereocenters. The number of Topliss-reactive ketones (excluding diaryl/α,β-unsaturated/α-hetero) is 1. The topological polar surface area (TPSA) is 26.3 Å². The van der Waals surface area contributed by atoms with Crippen LogP contribution in [0.15, 0.2) is 24.3 Å². The van der Waals surface area contributed by atoms with E-state index in [0.717, 1.165) is 11.1 Å². The zero-order valence-electron chi connectivity index (χ0n) is 13.3. The van der Waals surface area contributed by atoms with Crippen molar-refractivity contribution in [1.82, 2.24) is 0 Å². The van der Waals surface area contributed by atoms with Gasteiger partial charge >= 0.3 is 0 Å². The first-order chi connectivity index (χ1) is 9.13. The van der Waals surface area contributed by atoms with Gasteiger partial charge in [0, 0.05) is 12.5 Å². The van der Waals surface area contributed by atoms with E-state index in [2.05, 4.69) is 45.7 Å². The van der Waals surface area contributed by atoms with Crippen LogP contribution in [0, 0.1) is 11.8 Å². The summed E-state index contributed by atoms with van der Waals surface area (Å²) in [5.41, 5.74) is 1.92. The number of carbonyl (C=O) groups excluding carboxylic acids is 1. The van der Waals surface area contributed by atoms with Crippen molar-refractivity contribution in [2.75, 3.05) is 0 Å². The van der Waals surface area contributed by atoms with E-state index in [1.807, 2.05) is 24.3 Å². The summed E-state index contributed by atoms with van der Waals surface area (Å²) in [6.45, 7) is 13.2. The third-order valence-electron chi connectivity index (χ3n) is 3.79. The van der Waals surface area contributed by atoms with Gasteiger partial charge in [0.1, 0.15) is 0 Å². The molecule has 0 N–H and O–H groups in total. The molecule has 108 valence electrons. The third-order valence-corrected chi connectivity index (χ3v) is 8.26. The van der Waals surface area contributed by atoms with E-state index in [1.165, 1.54) is 6.92 Å². The van der Waals surface area contributed by atoms with Crippen LogP contribution in [0.25, 0.3) is 0 Å². The lowest BCUT2D eigenvalue weighted by Crippen LogP contribution is -2.40. The van der Waals surface area contributed by atoms with Gasteiger partial charge in [-0.15, -0.1) is 0 Å². The van der Waals surface area contributed by atoms with Crippen molar-refractivity contribution in [2.45, 2.75) is 52.4 Å². The highest BCUT2D eigenvalue weighted by Crippen LogP contribution is 2.37. The van der Waals surface area contributed by atoms with Crippen molar-refractivity contribution < 1.29 is 9.22 Å². The Bertz CT molecular complexity index is 542. The monoisotopic (exact) mass is 288 g/mol. The summed E-state index contributed by atoms with van der Waals surface area (Å²) >= 11 is 0. The summed E-state index contributed by atoms with van der Waals surface area (Å²) in [6, 6.07) is 7.85. The second-order valence-electron chi connectivity index (χ2n) is 6.51. The number of hydrogen-bond acceptors (Lipinski definition) is 2. The fraction of sp³-hybridized carbons (Fsp3) is 0.471.